The molecular weight excluding hydrogens is 656 g/mol. The molecule has 2 aliphatic carbocycles. The number of para-hydroxylation sites is 1. The number of methoxy groups -OCH3 is 1. The molecule has 2 aromatic carbocycles. The molecule has 4 aromatic rings. The maximum absolute atomic E-state index is 13.1. The Balaban J connectivity index is 0.957. The molecule has 0 radical (unpaired) electrons. The zero-order chi connectivity index (χ0) is 35.6. The van der Waals surface area contributed by atoms with Gasteiger partial charge in [0.2, 0.25) is 11.8 Å². The summed E-state index contributed by atoms with van der Waals surface area (Å²) in [5.41, 5.74) is 5.49. The minimum atomic E-state index is -1.12. The fraction of sp³-hybridized carbons (Fsp3) is 0.378. The Morgan fingerprint density at radius 3 is 2.45 bits per heavy atom. The Hall–Kier alpha value is -5.31. The van der Waals surface area contributed by atoms with Crippen LogP contribution >= 0.6 is 0 Å². The van der Waals surface area contributed by atoms with Crippen LogP contribution in [0.4, 0.5) is 11.5 Å². The van der Waals surface area contributed by atoms with E-state index in [1.165, 1.54) is 13.3 Å². The van der Waals surface area contributed by atoms with Gasteiger partial charge in [-0.1, -0.05) is 18.2 Å². The van der Waals surface area contributed by atoms with Crippen molar-refractivity contribution in [2.45, 2.75) is 37.9 Å². The van der Waals surface area contributed by atoms with Crippen LogP contribution in [0.1, 0.15) is 25.7 Å². The fourth-order valence-electron chi connectivity index (χ4n) is 6.55. The van der Waals surface area contributed by atoms with Gasteiger partial charge in [-0.15, -0.1) is 0 Å². The zero-order valence-electron chi connectivity index (χ0n) is 28.2. The van der Waals surface area contributed by atoms with Crippen molar-refractivity contribution in [3.05, 3.63) is 73.1 Å². The number of aromatic nitrogens is 2. The summed E-state index contributed by atoms with van der Waals surface area (Å²) < 4.78 is 23.3. The highest BCUT2D eigenvalue weighted by molar-refractivity contribution is 6.16. The summed E-state index contributed by atoms with van der Waals surface area (Å²) in [5.74, 6) is 0.892. The molecular formula is C37H40N6O8. The third-order valence-corrected chi connectivity index (χ3v) is 9.72. The second kappa shape index (κ2) is 14.1. The van der Waals surface area contributed by atoms with E-state index in [4.69, 9.17) is 24.7 Å². The van der Waals surface area contributed by atoms with Crippen molar-refractivity contribution in [1.82, 2.24) is 14.9 Å². The molecule has 3 heterocycles. The molecule has 2 unspecified atom stereocenters. The molecule has 7 rings (SSSR count). The van der Waals surface area contributed by atoms with Gasteiger partial charge in [-0.05, 0) is 62.1 Å². The number of amides is 2. The van der Waals surface area contributed by atoms with Crippen LogP contribution in [-0.2, 0) is 19.1 Å². The van der Waals surface area contributed by atoms with Crippen LogP contribution in [0.5, 0.6) is 23.0 Å². The van der Waals surface area contributed by atoms with Crippen molar-refractivity contribution in [3.8, 4) is 23.0 Å². The standard InChI is InChI=1S/C37H40N6O8/c1-48-29-15-26-27(16-30(29)49-21-24(44)19-43-20-31(51-33(45)17-38)36(22-43)10-11-36)39-14-9-28(26)50-25-7-8-32(40-18-25)42-35(47)37(12-13-37)34(46)41-23-5-3-2-4-6-23/h2-9,14-16,18,24,31,44H,10-13,17,19-22,38H2,1H3,(H,41,46)(H,40,42,47). The summed E-state index contributed by atoms with van der Waals surface area (Å²) in [4.78, 5) is 48.7. The number of nitrogens with one attached hydrogen (secondary N) is 2. The Bertz CT molecular complexity index is 1920. The number of hydrogen-bond donors (Lipinski definition) is 4. The van der Waals surface area contributed by atoms with Crippen molar-refractivity contribution in [2.24, 2.45) is 16.6 Å². The van der Waals surface area contributed by atoms with E-state index in [1.807, 2.05) is 18.2 Å². The van der Waals surface area contributed by atoms with Crippen molar-refractivity contribution < 1.29 is 38.4 Å². The molecule has 1 aliphatic heterocycles. The number of likely N-dealkylation sites (tertiary alicyclic amines) is 1. The first-order valence-corrected chi connectivity index (χ1v) is 16.9. The van der Waals surface area contributed by atoms with E-state index in [0.29, 0.717) is 71.3 Å². The monoisotopic (exact) mass is 696 g/mol. The van der Waals surface area contributed by atoms with Crippen LogP contribution in [0.2, 0.25) is 0 Å². The minimum Gasteiger partial charge on any atom is -0.493 e. The molecule has 0 bridgehead atoms. The molecule has 2 saturated carbocycles. The Kier molecular flexibility index (Phi) is 9.46. The largest absolute Gasteiger partial charge is 0.493 e. The summed E-state index contributed by atoms with van der Waals surface area (Å²) in [5, 5.41) is 17.1. The van der Waals surface area contributed by atoms with E-state index in [-0.39, 0.29) is 30.6 Å². The second-order valence-corrected chi connectivity index (χ2v) is 13.4. The number of carbonyl (C=O) groups is 3. The van der Waals surface area contributed by atoms with E-state index in [1.54, 1.807) is 48.7 Å². The normalized spacial score (nSPS) is 18.8. The number of anilines is 2. The number of aliphatic hydroxyl groups excluding tert-OH is 1. The van der Waals surface area contributed by atoms with Crippen LogP contribution in [0.25, 0.3) is 10.9 Å². The van der Waals surface area contributed by atoms with Gasteiger partial charge >= 0.3 is 5.97 Å². The number of β-amino-alcohol motifs (C(OH)–C–C–N with tert-alkyl or cyclic N) is 1. The summed E-state index contributed by atoms with van der Waals surface area (Å²) in [6.45, 7) is 1.54. The quantitative estimate of drug-likeness (QED) is 0.111. The number of benzene rings is 2. The van der Waals surface area contributed by atoms with Gasteiger partial charge in [0, 0.05) is 48.4 Å². The average Bonchev–Trinajstić information content (AvgIpc) is 4.07. The Morgan fingerprint density at radius 1 is 0.980 bits per heavy atom. The highest BCUT2D eigenvalue weighted by atomic mass is 16.5. The van der Waals surface area contributed by atoms with Crippen LogP contribution < -0.4 is 30.6 Å². The first-order chi connectivity index (χ1) is 24.7. The maximum atomic E-state index is 13.1. The average molecular weight is 697 g/mol. The molecule has 266 valence electrons. The summed E-state index contributed by atoms with van der Waals surface area (Å²) in [7, 11) is 1.53. The molecule has 2 atom stereocenters. The number of nitrogens with two attached hydrogens (primary N) is 1. The zero-order valence-corrected chi connectivity index (χ0v) is 28.2. The van der Waals surface area contributed by atoms with Gasteiger partial charge in [-0.25, -0.2) is 4.98 Å². The molecule has 1 saturated heterocycles. The first-order valence-electron chi connectivity index (χ1n) is 16.9. The van der Waals surface area contributed by atoms with Gasteiger partial charge in [-0.2, -0.15) is 0 Å². The van der Waals surface area contributed by atoms with Crippen LogP contribution in [0.3, 0.4) is 0 Å². The molecule has 14 heteroatoms. The van der Waals surface area contributed by atoms with Crippen molar-refractivity contribution in [2.75, 3.05) is 50.5 Å². The van der Waals surface area contributed by atoms with E-state index in [0.717, 1.165) is 19.4 Å². The number of ether oxygens (including phenoxy) is 4. The van der Waals surface area contributed by atoms with Gasteiger partial charge in [0.25, 0.3) is 0 Å². The van der Waals surface area contributed by atoms with Gasteiger partial charge < -0.3 is 40.4 Å². The number of hydrogen-bond acceptors (Lipinski definition) is 12. The van der Waals surface area contributed by atoms with Crippen molar-refractivity contribution in [3.63, 3.8) is 0 Å². The van der Waals surface area contributed by atoms with Crippen LogP contribution in [-0.4, -0.2) is 89.9 Å². The summed E-state index contributed by atoms with van der Waals surface area (Å²) in [6.07, 6.45) is 4.98. The minimum absolute atomic E-state index is 0.0161. The van der Waals surface area contributed by atoms with E-state index in [9.17, 15) is 19.5 Å². The lowest BCUT2D eigenvalue weighted by Crippen LogP contribution is -2.35. The number of esters is 1. The topological polar surface area (TPSA) is 187 Å². The SMILES string of the molecule is COc1cc2c(Oc3ccc(NC(=O)C4(C(=O)Nc5ccccc5)CC4)nc3)ccnc2cc1OCC(O)CN1CC(OC(=O)CN)C2(CC2)C1. The molecule has 3 aliphatic rings. The highest BCUT2D eigenvalue weighted by Crippen LogP contribution is 2.54. The van der Waals surface area contributed by atoms with Crippen molar-refractivity contribution in [1.29, 1.82) is 0 Å². The number of aliphatic hydroxyl groups is 1. The fourth-order valence-corrected chi connectivity index (χ4v) is 6.55. The molecule has 51 heavy (non-hydrogen) atoms. The lowest BCUT2D eigenvalue weighted by atomic mass is 10.0. The predicted octanol–water partition coefficient (Wildman–Crippen LogP) is 3.49. The van der Waals surface area contributed by atoms with Gasteiger partial charge in [-0.3, -0.25) is 24.3 Å². The first kappa shape index (κ1) is 34.2. The highest BCUT2D eigenvalue weighted by Gasteiger charge is 2.57. The lowest BCUT2D eigenvalue weighted by molar-refractivity contribution is -0.149. The third kappa shape index (κ3) is 7.43. The predicted molar refractivity (Wildman–Crippen MR) is 187 cm³/mol. The molecule has 2 aromatic heterocycles. The number of nitrogens with zero attached hydrogens (tertiary/aromatic N) is 3. The number of pyridine rings is 2. The van der Waals surface area contributed by atoms with Gasteiger partial charge in [0.15, 0.2) is 11.5 Å². The second-order valence-electron chi connectivity index (χ2n) is 13.4. The van der Waals surface area contributed by atoms with E-state index < -0.39 is 23.4 Å². The molecule has 1 spiro atoms. The third-order valence-electron chi connectivity index (χ3n) is 9.72. The smallest absolute Gasteiger partial charge is 0.320 e. The Morgan fingerprint density at radius 2 is 1.76 bits per heavy atom. The number of rotatable bonds is 14. The van der Waals surface area contributed by atoms with Crippen molar-refractivity contribution >= 4 is 40.2 Å². The number of fused-ring (bicyclic) bond motifs is 1. The summed E-state index contributed by atoms with van der Waals surface area (Å²) >= 11 is 0. The number of carbonyl (C=O) groups excluding carboxylic acids is 3. The van der Waals surface area contributed by atoms with E-state index in [2.05, 4.69) is 25.5 Å². The lowest BCUT2D eigenvalue weighted by Gasteiger charge is -2.21. The van der Waals surface area contributed by atoms with Crippen LogP contribution in [0, 0.1) is 10.8 Å². The van der Waals surface area contributed by atoms with E-state index >= 15 is 0 Å². The molecule has 14 nitrogen and oxygen atoms in total. The van der Waals surface area contributed by atoms with Gasteiger partial charge in [0.05, 0.1) is 25.4 Å². The Labute approximate surface area is 294 Å². The maximum Gasteiger partial charge on any atom is 0.320 e. The summed E-state index contributed by atoms with van der Waals surface area (Å²) in [6, 6.07) is 17.5. The molecule has 5 N–H and O–H groups in total. The van der Waals surface area contributed by atoms with Gasteiger partial charge in [0.1, 0.15) is 41.5 Å². The molecule has 3 fully saturated rings. The molecule has 2 amide bonds. The van der Waals surface area contributed by atoms with Crippen LogP contribution in [0.15, 0.2) is 73.1 Å².